The smallest absolute Gasteiger partial charge is 0.348 e. The number of rotatable bonds is 11. The van der Waals surface area contributed by atoms with Crippen molar-refractivity contribution >= 4 is 56.4 Å². The Morgan fingerprint density at radius 2 is 1.11 bits per heavy atom. The number of thiophene rings is 2. The van der Waals surface area contributed by atoms with E-state index >= 15 is 0 Å². The fourth-order valence-corrected chi connectivity index (χ4v) is 5.34. The van der Waals surface area contributed by atoms with Crippen molar-refractivity contribution in [2.45, 2.75) is 53.4 Å². The molecule has 0 aliphatic rings. The Morgan fingerprint density at radius 3 is 1.42 bits per heavy atom. The number of nitrogens with zero attached hydrogens (tertiary/aromatic N) is 2. The van der Waals surface area contributed by atoms with E-state index in [4.69, 9.17) is 9.47 Å². The van der Waals surface area contributed by atoms with Crippen LogP contribution in [-0.2, 0) is 19.1 Å². The fourth-order valence-electron chi connectivity index (χ4n) is 3.20. The molecule has 0 radical (unpaired) electrons. The Kier molecular flexibility index (Phi) is 10.6. The van der Waals surface area contributed by atoms with Gasteiger partial charge in [0.05, 0.1) is 24.3 Å². The predicted octanol–water partition coefficient (Wildman–Crippen LogP) is 4.66. The standard InChI is InChI=1S/C24H26N4O6S2/c1-5-33-23(31)19-13(3)15(11-25)21(35-19)27-17(29)9-7-8-10-18(30)28-22-16(12-26)14(4)20(36-22)24(32)34-6-2/h5-10H2,1-4H3,(H,27,29)(H,28,30). The van der Waals surface area contributed by atoms with Gasteiger partial charge in [0.2, 0.25) is 11.8 Å². The van der Waals surface area contributed by atoms with Crippen molar-refractivity contribution in [1.82, 2.24) is 0 Å². The van der Waals surface area contributed by atoms with E-state index in [1.807, 2.05) is 12.1 Å². The highest BCUT2D eigenvalue weighted by Gasteiger charge is 2.23. The molecule has 2 amide bonds. The first-order valence-electron chi connectivity index (χ1n) is 11.2. The van der Waals surface area contributed by atoms with Crippen LogP contribution in [-0.4, -0.2) is 37.0 Å². The zero-order valence-corrected chi connectivity index (χ0v) is 22.0. The summed E-state index contributed by atoms with van der Waals surface area (Å²) in [6.07, 6.45) is 1.02. The number of anilines is 2. The van der Waals surface area contributed by atoms with Crippen LogP contribution in [0.2, 0.25) is 0 Å². The molecule has 190 valence electrons. The molecule has 2 rings (SSSR count). The molecule has 2 aromatic heterocycles. The number of unbranched alkanes of at least 4 members (excludes halogenated alkanes) is 1. The largest absolute Gasteiger partial charge is 0.462 e. The van der Waals surface area contributed by atoms with Gasteiger partial charge in [0.1, 0.15) is 31.9 Å². The van der Waals surface area contributed by atoms with Gasteiger partial charge in [-0.2, -0.15) is 10.5 Å². The fraction of sp³-hybridized carbons (Fsp3) is 0.417. The van der Waals surface area contributed by atoms with E-state index in [1.165, 1.54) is 0 Å². The zero-order valence-electron chi connectivity index (χ0n) is 20.4. The highest BCUT2D eigenvalue weighted by molar-refractivity contribution is 7.19. The van der Waals surface area contributed by atoms with Crippen molar-refractivity contribution in [2.75, 3.05) is 23.8 Å². The summed E-state index contributed by atoms with van der Waals surface area (Å²) in [6, 6.07) is 4.01. The third-order valence-electron chi connectivity index (χ3n) is 5.00. The quantitative estimate of drug-likeness (QED) is 0.313. The van der Waals surface area contributed by atoms with Gasteiger partial charge in [0, 0.05) is 12.8 Å². The Bertz CT molecular complexity index is 1150. The van der Waals surface area contributed by atoms with Crippen molar-refractivity contribution in [3.63, 3.8) is 0 Å². The van der Waals surface area contributed by atoms with Crippen LogP contribution in [0.5, 0.6) is 0 Å². The first-order chi connectivity index (χ1) is 17.2. The third kappa shape index (κ3) is 6.90. The summed E-state index contributed by atoms with van der Waals surface area (Å²) in [5.74, 6) is -1.78. The number of nitrogens with one attached hydrogen (secondary N) is 2. The molecular formula is C24H26N4O6S2. The lowest BCUT2D eigenvalue weighted by Gasteiger charge is -2.05. The van der Waals surface area contributed by atoms with Crippen LogP contribution in [0.3, 0.4) is 0 Å². The zero-order chi connectivity index (χ0) is 26.8. The van der Waals surface area contributed by atoms with E-state index in [1.54, 1.807) is 27.7 Å². The lowest BCUT2D eigenvalue weighted by atomic mass is 10.1. The number of ether oxygens (including phenoxy) is 2. The summed E-state index contributed by atoms with van der Waals surface area (Å²) in [5, 5.41) is 24.7. The summed E-state index contributed by atoms with van der Waals surface area (Å²) >= 11 is 1.99. The van der Waals surface area contributed by atoms with Gasteiger partial charge in [-0.1, -0.05) is 0 Å². The van der Waals surface area contributed by atoms with Crippen molar-refractivity contribution in [2.24, 2.45) is 0 Å². The maximum Gasteiger partial charge on any atom is 0.348 e. The van der Waals surface area contributed by atoms with Crippen LogP contribution < -0.4 is 10.6 Å². The average molecular weight is 531 g/mol. The molecule has 2 aromatic rings. The van der Waals surface area contributed by atoms with Crippen molar-refractivity contribution in [3.8, 4) is 12.1 Å². The highest BCUT2D eigenvalue weighted by atomic mass is 32.1. The molecule has 2 N–H and O–H groups in total. The summed E-state index contributed by atoms with van der Waals surface area (Å²) < 4.78 is 9.97. The minimum absolute atomic E-state index is 0.110. The molecule has 0 aliphatic heterocycles. The third-order valence-corrected chi connectivity index (χ3v) is 7.38. The maximum absolute atomic E-state index is 12.4. The topological polar surface area (TPSA) is 158 Å². The van der Waals surface area contributed by atoms with Crippen LogP contribution in [0.4, 0.5) is 10.0 Å². The SMILES string of the molecule is CCOC(=O)c1sc(NC(=O)CCCCC(=O)Nc2sc(C(=O)OCC)c(C)c2C#N)c(C#N)c1C. The summed E-state index contributed by atoms with van der Waals surface area (Å²) in [5.41, 5.74) is 1.36. The summed E-state index contributed by atoms with van der Waals surface area (Å²) in [4.78, 5) is 49.4. The number of hydrogen-bond acceptors (Lipinski definition) is 10. The van der Waals surface area contributed by atoms with Gasteiger partial charge < -0.3 is 20.1 Å². The van der Waals surface area contributed by atoms with Gasteiger partial charge in [0.25, 0.3) is 0 Å². The molecule has 2 heterocycles. The molecule has 0 aromatic carbocycles. The minimum Gasteiger partial charge on any atom is -0.462 e. The predicted molar refractivity (Wildman–Crippen MR) is 135 cm³/mol. The molecule has 0 aliphatic carbocycles. The van der Waals surface area contributed by atoms with E-state index in [9.17, 15) is 29.7 Å². The van der Waals surface area contributed by atoms with Crippen molar-refractivity contribution < 1.29 is 28.7 Å². The molecule has 12 heteroatoms. The van der Waals surface area contributed by atoms with Crippen LogP contribution in [0, 0.1) is 36.5 Å². The number of esters is 2. The van der Waals surface area contributed by atoms with Gasteiger partial charge >= 0.3 is 11.9 Å². The Hall–Kier alpha value is -3.74. The van der Waals surface area contributed by atoms with E-state index in [0.717, 1.165) is 22.7 Å². The Morgan fingerprint density at radius 1 is 0.750 bits per heavy atom. The molecule has 0 bridgehead atoms. The second kappa shape index (κ2) is 13.4. The summed E-state index contributed by atoms with van der Waals surface area (Å²) in [7, 11) is 0. The Labute approximate surface area is 216 Å². The number of carbonyl (C=O) groups excluding carboxylic acids is 4. The molecule has 0 fully saturated rings. The van der Waals surface area contributed by atoms with Gasteiger partial charge in [-0.3, -0.25) is 9.59 Å². The molecule has 0 atom stereocenters. The van der Waals surface area contributed by atoms with Crippen LogP contribution in [0.15, 0.2) is 0 Å². The number of hydrogen-bond donors (Lipinski definition) is 2. The molecule has 0 spiro atoms. The van der Waals surface area contributed by atoms with Crippen molar-refractivity contribution in [3.05, 3.63) is 32.0 Å². The molecule has 0 unspecified atom stereocenters. The monoisotopic (exact) mass is 530 g/mol. The van der Waals surface area contributed by atoms with E-state index in [-0.39, 0.29) is 68.8 Å². The number of carbonyl (C=O) groups is 4. The second-order valence-corrected chi connectivity index (χ2v) is 9.53. The van der Waals surface area contributed by atoms with Crippen LogP contribution in [0.1, 0.15) is 81.1 Å². The van der Waals surface area contributed by atoms with Gasteiger partial charge in [-0.25, -0.2) is 9.59 Å². The van der Waals surface area contributed by atoms with Gasteiger partial charge in [-0.05, 0) is 51.7 Å². The molecule has 0 saturated carbocycles. The van der Waals surface area contributed by atoms with Gasteiger partial charge in [-0.15, -0.1) is 22.7 Å². The lowest BCUT2D eigenvalue weighted by molar-refractivity contribution is -0.118. The number of nitriles is 2. The van der Waals surface area contributed by atoms with E-state index < -0.39 is 11.9 Å². The molecule has 10 nitrogen and oxygen atoms in total. The molecule has 0 saturated heterocycles. The Balaban J connectivity index is 1.90. The first-order valence-corrected chi connectivity index (χ1v) is 12.8. The highest BCUT2D eigenvalue weighted by Crippen LogP contribution is 2.34. The maximum atomic E-state index is 12.4. The molecule has 36 heavy (non-hydrogen) atoms. The second-order valence-electron chi connectivity index (χ2n) is 7.49. The van der Waals surface area contributed by atoms with E-state index in [0.29, 0.717) is 24.0 Å². The first kappa shape index (κ1) is 28.5. The lowest BCUT2D eigenvalue weighted by Crippen LogP contribution is -2.13. The normalized spacial score (nSPS) is 10.2. The summed E-state index contributed by atoms with van der Waals surface area (Å²) in [6.45, 7) is 7.00. The minimum atomic E-state index is -0.544. The van der Waals surface area contributed by atoms with Crippen LogP contribution >= 0.6 is 22.7 Å². The average Bonchev–Trinajstić information content (AvgIpc) is 3.32. The molecular weight excluding hydrogens is 504 g/mol. The van der Waals surface area contributed by atoms with Crippen molar-refractivity contribution in [1.29, 1.82) is 10.5 Å². The number of amides is 2. The van der Waals surface area contributed by atoms with Gasteiger partial charge in [0.15, 0.2) is 0 Å². The van der Waals surface area contributed by atoms with E-state index in [2.05, 4.69) is 10.6 Å². The van der Waals surface area contributed by atoms with Crippen LogP contribution in [0.25, 0.3) is 0 Å².